The van der Waals surface area contributed by atoms with Gasteiger partial charge in [0.05, 0.1) is 37.8 Å². The van der Waals surface area contributed by atoms with Gasteiger partial charge in [-0.2, -0.15) is 5.26 Å². The molecule has 0 saturated carbocycles. The van der Waals surface area contributed by atoms with Crippen LogP contribution >= 0.6 is 0 Å². The van der Waals surface area contributed by atoms with E-state index >= 15 is 0 Å². The first kappa shape index (κ1) is 26.9. The molecule has 2 heterocycles. The normalized spacial score (nSPS) is 22.1. The van der Waals surface area contributed by atoms with Crippen LogP contribution in [-0.4, -0.2) is 74.9 Å². The van der Waals surface area contributed by atoms with E-state index in [9.17, 15) is 5.26 Å². The second kappa shape index (κ2) is 13.9. The number of nitrogens with two attached hydrogens (primary N) is 1. The molecule has 0 aromatic heterocycles. The van der Waals surface area contributed by atoms with Crippen LogP contribution in [0.3, 0.4) is 0 Å². The highest BCUT2D eigenvalue weighted by atomic mass is 16.5. The van der Waals surface area contributed by atoms with Gasteiger partial charge in [0, 0.05) is 30.6 Å². The average molecular weight is 507 g/mol. The number of ether oxygens (including phenoxy) is 3. The van der Waals surface area contributed by atoms with Gasteiger partial charge in [-0.15, -0.1) is 0 Å². The van der Waals surface area contributed by atoms with Crippen molar-refractivity contribution in [3.8, 4) is 11.8 Å². The first-order chi connectivity index (χ1) is 18.1. The Kier molecular flexibility index (Phi) is 10.1. The summed E-state index contributed by atoms with van der Waals surface area (Å²) in [6, 6.07) is 7.64. The van der Waals surface area contributed by atoms with E-state index in [4.69, 9.17) is 24.9 Å². The summed E-state index contributed by atoms with van der Waals surface area (Å²) in [6.07, 6.45) is 12.4. The molecule has 2 aliphatic heterocycles. The van der Waals surface area contributed by atoms with Gasteiger partial charge >= 0.3 is 0 Å². The van der Waals surface area contributed by atoms with Crippen molar-refractivity contribution in [1.82, 2.24) is 10.2 Å². The summed E-state index contributed by atoms with van der Waals surface area (Å²) in [5.74, 6) is 1.01. The molecular weight excluding hydrogens is 468 g/mol. The van der Waals surface area contributed by atoms with E-state index < -0.39 is 0 Å². The Hall–Kier alpha value is -3.19. The number of nitrogens with zero attached hydrogens (tertiary/aromatic N) is 4. The van der Waals surface area contributed by atoms with Gasteiger partial charge in [0.2, 0.25) is 0 Å². The summed E-state index contributed by atoms with van der Waals surface area (Å²) in [5.41, 5.74) is 7.75. The lowest BCUT2D eigenvalue weighted by Crippen LogP contribution is -2.28. The molecule has 2 unspecified atom stereocenters. The van der Waals surface area contributed by atoms with Crippen LogP contribution in [0.4, 0.5) is 0 Å². The molecule has 0 radical (unpaired) electrons. The minimum absolute atomic E-state index is 0.0537. The number of nitrogens with one attached hydrogen (secondary N) is 1. The Morgan fingerprint density at radius 3 is 2.84 bits per heavy atom. The fourth-order valence-corrected chi connectivity index (χ4v) is 4.71. The zero-order valence-electron chi connectivity index (χ0n) is 21.6. The van der Waals surface area contributed by atoms with Gasteiger partial charge in [-0.1, -0.05) is 12.2 Å². The highest BCUT2D eigenvalue weighted by molar-refractivity contribution is 6.03. The van der Waals surface area contributed by atoms with Crippen molar-refractivity contribution < 1.29 is 14.2 Å². The van der Waals surface area contributed by atoms with Crippen LogP contribution in [-0.2, 0) is 9.47 Å². The lowest BCUT2D eigenvalue weighted by atomic mass is 10.1. The predicted molar refractivity (Wildman–Crippen MR) is 145 cm³/mol. The lowest BCUT2D eigenvalue weighted by molar-refractivity contribution is 0.0254. The van der Waals surface area contributed by atoms with Gasteiger partial charge in [0.25, 0.3) is 0 Å². The third-order valence-corrected chi connectivity index (χ3v) is 6.71. The maximum atomic E-state index is 9.72. The summed E-state index contributed by atoms with van der Waals surface area (Å²) in [7, 11) is 0. The number of hydrogen-bond acceptors (Lipinski definition) is 7. The van der Waals surface area contributed by atoms with Gasteiger partial charge in [-0.3, -0.25) is 0 Å². The monoisotopic (exact) mass is 506 g/mol. The van der Waals surface area contributed by atoms with E-state index in [2.05, 4.69) is 33.4 Å². The van der Waals surface area contributed by atoms with Crippen LogP contribution in [0.25, 0.3) is 0 Å². The number of aliphatic imine (C=N–C) groups is 2. The summed E-state index contributed by atoms with van der Waals surface area (Å²) >= 11 is 0. The van der Waals surface area contributed by atoms with Crippen molar-refractivity contribution >= 4 is 12.2 Å². The maximum absolute atomic E-state index is 9.72. The summed E-state index contributed by atoms with van der Waals surface area (Å²) in [6.45, 7) is 7.46. The van der Waals surface area contributed by atoms with Crippen molar-refractivity contribution in [2.75, 3.05) is 39.5 Å². The Balaban J connectivity index is 1.33. The third-order valence-electron chi connectivity index (χ3n) is 6.71. The molecule has 3 aliphatic rings. The third kappa shape index (κ3) is 8.15. The highest BCUT2D eigenvalue weighted by Gasteiger charge is 2.18. The number of allylic oxidation sites excluding steroid dienone is 1. The first-order valence-electron chi connectivity index (χ1n) is 13.2. The average Bonchev–Trinajstić information content (AvgIpc) is 3.44. The van der Waals surface area contributed by atoms with Crippen molar-refractivity contribution in [2.24, 2.45) is 15.7 Å². The van der Waals surface area contributed by atoms with Gasteiger partial charge in [0.15, 0.2) is 5.84 Å². The number of hydrogen-bond donors (Lipinski definition) is 2. The first-order valence-corrected chi connectivity index (χ1v) is 13.2. The largest absolute Gasteiger partial charge is 0.489 e. The summed E-state index contributed by atoms with van der Waals surface area (Å²) in [5, 5.41) is 13.1. The van der Waals surface area contributed by atoms with Crippen molar-refractivity contribution in [2.45, 2.75) is 57.4 Å². The zero-order valence-corrected chi connectivity index (χ0v) is 21.6. The molecule has 0 amide bonds. The Morgan fingerprint density at radius 2 is 2.14 bits per heavy atom. The molecule has 9 heteroatoms. The van der Waals surface area contributed by atoms with Crippen LogP contribution in [0, 0.1) is 11.3 Å². The molecule has 9 nitrogen and oxygen atoms in total. The minimum atomic E-state index is -0.258. The second-order valence-electron chi connectivity index (χ2n) is 9.52. The van der Waals surface area contributed by atoms with Crippen LogP contribution in [0.1, 0.15) is 50.2 Å². The smallest absolute Gasteiger partial charge is 0.158 e. The number of amidine groups is 1. The van der Waals surface area contributed by atoms with Crippen LogP contribution in [0.2, 0.25) is 0 Å². The number of nitriles is 1. The Morgan fingerprint density at radius 1 is 1.32 bits per heavy atom. The molecule has 2 saturated heterocycles. The van der Waals surface area contributed by atoms with E-state index in [0.717, 1.165) is 38.1 Å². The minimum Gasteiger partial charge on any atom is -0.489 e. The van der Waals surface area contributed by atoms with E-state index in [1.165, 1.54) is 32.3 Å². The molecule has 1 aliphatic carbocycles. The zero-order chi connectivity index (χ0) is 25.9. The Labute approximate surface area is 219 Å². The second-order valence-corrected chi connectivity index (χ2v) is 9.52. The predicted octanol–water partition coefficient (Wildman–Crippen LogP) is 3.11. The quantitative estimate of drug-likeness (QED) is 0.370. The van der Waals surface area contributed by atoms with Gasteiger partial charge < -0.3 is 30.2 Å². The number of benzene rings is 1. The van der Waals surface area contributed by atoms with Crippen LogP contribution in [0.15, 0.2) is 52.1 Å². The van der Waals surface area contributed by atoms with Gasteiger partial charge in [-0.25, -0.2) is 9.98 Å². The fraction of sp³-hybridized carbons (Fsp3) is 0.536. The number of likely N-dealkylation sites (tertiary alicyclic amines) is 1. The van der Waals surface area contributed by atoms with Crippen LogP contribution < -0.4 is 15.8 Å². The molecule has 1 aromatic rings. The van der Waals surface area contributed by atoms with E-state index in [1.54, 1.807) is 12.1 Å². The van der Waals surface area contributed by atoms with E-state index in [0.29, 0.717) is 35.9 Å². The molecule has 1 aromatic carbocycles. The van der Waals surface area contributed by atoms with Gasteiger partial charge in [0.1, 0.15) is 24.1 Å². The molecule has 2 atom stereocenters. The van der Waals surface area contributed by atoms with E-state index in [1.807, 2.05) is 19.1 Å². The SMILES string of the molecule is CC(N=C(N=CN)c1ccc(OC2CCOCC2)c(C#N)c1)NC1=CCC(OCCN2CCCC2)C=C1. The number of rotatable bonds is 10. The lowest BCUT2D eigenvalue weighted by Gasteiger charge is -2.24. The molecule has 0 spiro atoms. The standard InChI is InChI=1S/C28H38N6O3/c1-21(32-24-5-7-25(8-6-24)36-17-14-34-12-2-3-13-34)33-28(31-20-30)22-4-9-27(23(18-22)19-29)37-26-10-15-35-16-11-26/h4-7,9,18,20-21,25-26,32H,2-3,8,10-17H2,1H3,(H2,30,31,33). The molecule has 0 bridgehead atoms. The molecule has 4 rings (SSSR count). The highest BCUT2D eigenvalue weighted by Crippen LogP contribution is 2.24. The van der Waals surface area contributed by atoms with Gasteiger partial charge in [-0.05, 0) is 63.6 Å². The topological polar surface area (TPSA) is 117 Å². The molecule has 2 fully saturated rings. The van der Waals surface area contributed by atoms with E-state index in [-0.39, 0.29) is 18.4 Å². The molecule has 3 N–H and O–H groups in total. The van der Waals surface area contributed by atoms with Crippen molar-refractivity contribution in [1.29, 1.82) is 5.26 Å². The summed E-state index contributed by atoms with van der Waals surface area (Å²) < 4.78 is 17.5. The molecule has 37 heavy (non-hydrogen) atoms. The summed E-state index contributed by atoms with van der Waals surface area (Å²) in [4.78, 5) is 11.4. The fourth-order valence-electron chi connectivity index (χ4n) is 4.71. The van der Waals surface area contributed by atoms with Crippen molar-refractivity contribution in [3.05, 3.63) is 53.3 Å². The molecular formula is C28H38N6O3. The Bertz CT molecular complexity index is 1050. The van der Waals surface area contributed by atoms with Crippen LogP contribution in [0.5, 0.6) is 5.75 Å². The molecule has 198 valence electrons. The van der Waals surface area contributed by atoms with Crippen molar-refractivity contribution in [3.63, 3.8) is 0 Å². The maximum Gasteiger partial charge on any atom is 0.158 e.